The molecule has 20 heavy (non-hydrogen) atoms. The molecular formula is C15H21Cl2N3. The van der Waals surface area contributed by atoms with Gasteiger partial charge in [-0.25, -0.2) is 4.98 Å². The minimum absolute atomic E-state index is 0.113. The molecule has 0 aliphatic carbocycles. The zero-order valence-electron chi connectivity index (χ0n) is 12.2. The minimum atomic E-state index is -0.113. The van der Waals surface area contributed by atoms with Gasteiger partial charge in [-0.2, -0.15) is 0 Å². The second-order valence-corrected chi connectivity index (χ2v) is 5.99. The summed E-state index contributed by atoms with van der Waals surface area (Å²) in [5, 5.41) is 0.619. The van der Waals surface area contributed by atoms with E-state index >= 15 is 0 Å². The van der Waals surface area contributed by atoms with Crippen LogP contribution in [0.25, 0.3) is 11.0 Å². The zero-order valence-corrected chi connectivity index (χ0v) is 13.7. The molecule has 1 unspecified atom stereocenters. The van der Waals surface area contributed by atoms with E-state index < -0.39 is 0 Å². The predicted molar refractivity (Wildman–Crippen MR) is 86.8 cm³/mol. The molecule has 1 atom stereocenters. The number of rotatable bonds is 6. The molecule has 0 fully saturated rings. The molecule has 0 bridgehead atoms. The molecule has 0 aliphatic heterocycles. The molecule has 3 nitrogen and oxygen atoms in total. The first-order chi connectivity index (χ1) is 9.56. The lowest BCUT2D eigenvalue weighted by atomic mass is 10.3. The molecule has 2 aromatic rings. The fourth-order valence-electron chi connectivity index (χ4n) is 2.43. The van der Waals surface area contributed by atoms with E-state index in [2.05, 4.69) is 28.3 Å². The van der Waals surface area contributed by atoms with Crippen molar-refractivity contribution >= 4 is 34.2 Å². The van der Waals surface area contributed by atoms with Gasteiger partial charge < -0.3 is 9.47 Å². The number of fused-ring (bicyclic) bond motifs is 1. The number of hydrogen-bond donors (Lipinski definition) is 0. The molecular weight excluding hydrogens is 293 g/mol. The number of likely N-dealkylation sites (N-methyl/N-ethyl adjacent to an activating group) is 1. The number of benzene rings is 1. The molecule has 0 saturated carbocycles. The topological polar surface area (TPSA) is 21.1 Å². The van der Waals surface area contributed by atoms with Crippen LogP contribution in [0.3, 0.4) is 0 Å². The number of imidazole rings is 1. The normalized spacial score (nSPS) is 13.3. The number of nitrogens with zero attached hydrogens (tertiary/aromatic N) is 3. The first-order valence-electron chi connectivity index (χ1n) is 7.08. The predicted octanol–water partition coefficient (Wildman–Crippen LogP) is 4.33. The Morgan fingerprint density at radius 1 is 1.30 bits per heavy atom. The fourth-order valence-corrected chi connectivity index (χ4v) is 2.77. The van der Waals surface area contributed by atoms with Crippen LogP contribution in [0.5, 0.6) is 0 Å². The molecule has 1 aromatic heterocycles. The van der Waals surface area contributed by atoms with Crippen molar-refractivity contribution in [1.29, 1.82) is 0 Å². The van der Waals surface area contributed by atoms with Gasteiger partial charge in [0.15, 0.2) is 0 Å². The summed E-state index contributed by atoms with van der Waals surface area (Å²) in [6, 6.07) is 5.79. The molecule has 0 radical (unpaired) electrons. The standard InChI is InChI=1S/C15H21Cl2N3/c1-4-19(5-2)8-9-20-14-10-12(17)6-7-13(14)18-15(20)11(3)16/h6-7,10-11H,4-5,8-9H2,1-3H3. The maximum atomic E-state index is 6.27. The smallest absolute Gasteiger partial charge is 0.127 e. The highest BCUT2D eigenvalue weighted by Crippen LogP contribution is 2.26. The highest BCUT2D eigenvalue weighted by atomic mass is 35.5. The van der Waals surface area contributed by atoms with E-state index in [4.69, 9.17) is 23.2 Å². The Labute approximate surface area is 130 Å². The van der Waals surface area contributed by atoms with Gasteiger partial charge in [-0.15, -0.1) is 11.6 Å². The summed E-state index contributed by atoms with van der Waals surface area (Å²) < 4.78 is 2.19. The molecule has 1 heterocycles. The van der Waals surface area contributed by atoms with E-state index in [9.17, 15) is 0 Å². The second-order valence-electron chi connectivity index (χ2n) is 4.90. The first-order valence-corrected chi connectivity index (χ1v) is 7.90. The average molecular weight is 314 g/mol. The third-order valence-corrected chi connectivity index (χ3v) is 4.06. The van der Waals surface area contributed by atoms with E-state index in [1.54, 1.807) is 0 Å². The zero-order chi connectivity index (χ0) is 14.7. The van der Waals surface area contributed by atoms with E-state index in [1.807, 2.05) is 25.1 Å². The summed E-state index contributed by atoms with van der Waals surface area (Å²) in [5.74, 6) is 0.913. The number of aromatic nitrogens is 2. The summed E-state index contributed by atoms with van der Waals surface area (Å²) in [6.45, 7) is 10.3. The highest BCUT2D eigenvalue weighted by molar-refractivity contribution is 6.31. The van der Waals surface area contributed by atoms with Gasteiger partial charge in [-0.3, -0.25) is 0 Å². The van der Waals surface area contributed by atoms with E-state index in [0.29, 0.717) is 0 Å². The molecule has 110 valence electrons. The molecule has 0 amide bonds. The molecule has 0 saturated heterocycles. The Balaban J connectivity index is 2.37. The third kappa shape index (κ3) is 3.27. The van der Waals surface area contributed by atoms with Gasteiger partial charge in [0.2, 0.25) is 0 Å². The Hall–Kier alpha value is -0.770. The number of halogens is 2. The van der Waals surface area contributed by atoms with Gasteiger partial charge in [0, 0.05) is 18.1 Å². The van der Waals surface area contributed by atoms with Crippen molar-refractivity contribution in [2.24, 2.45) is 0 Å². The monoisotopic (exact) mass is 313 g/mol. The Morgan fingerprint density at radius 2 is 2.00 bits per heavy atom. The van der Waals surface area contributed by atoms with Crippen molar-refractivity contribution in [3.8, 4) is 0 Å². The van der Waals surface area contributed by atoms with Gasteiger partial charge in [0.1, 0.15) is 5.82 Å². The van der Waals surface area contributed by atoms with E-state index in [0.717, 1.165) is 48.1 Å². The molecule has 0 N–H and O–H groups in total. The molecule has 0 aliphatic rings. The van der Waals surface area contributed by atoms with Crippen LogP contribution in [0.1, 0.15) is 32.0 Å². The maximum absolute atomic E-state index is 6.27. The van der Waals surface area contributed by atoms with E-state index in [-0.39, 0.29) is 5.38 Å². The van der Waals surface area contributed by atoms with Gasteiger partial charge in [0.25, 0.3) is 0 Å². The van der Waals surface area contributed by atoms with E-state index in [1.165, 1.54) is 0 Å². The molecule has 1 aromatic carbocycles. The van der Waals surface area contributed by atoms with Crippen molar-refractivity contribution in [1.82, 2.24) is 14.5 Å². The fraction of sp³-hybridized carbons (Fsp3) is 0.533. The van der Waals surface area contributed by atoms with Gasteiger partial charge in [-0.1, -0.05) is 25.4 Å². The highest BCUT2D eigenvalue weighted by Gasteiger charge is 2.15. The summed E-state index contributed by atoms with van der Waals surface area (Å²) in [5.41, 5.74) is 2.02. The molecule has 2 rings (SSSR count). The lowest BCUT2D eigenvalue weighted by Crippen LogP contribution is -2.27. The van der Waals surface area contributed by atoms with Crippen LogP contribution in [0.4, 0.5) is 0 Å². The van der Waals surface area contributed by atoms with Gasteiger partial charge >= 0.3 is 0 Å². The minimum Gasteiger partial charge on any atom is -0.325 e. The third-order valence-electron chi connectivity index (χ3n) is 3.63. The lowest BCUT2D eigenvalue weighted by Gasteiger charge is -2.19. The maximum Gasteiger partial charge on any atom is 0.127 e. The summed E-state index contributed by atoms with van der Waals surface area (Å²) in [4.78, 5) is 7.02. The van der Waals surface area contributed by atoms with Crippen molar-refractivity contribution in [3.05, 3.63) is 29.0 Å². The Morgan fingerprint density at radius 3 is 2.60 bits per heavy atom. The summed E-state index contributed by atoms with van der Waals surface area (Å²) in [7, 11) is 0. The van der Waals surface area contributed by atoms with Crippen LogP contribution in [-0.4, -0.2) is 34.1 Å². The van der Waals surface area contributed by atoms with Crippen LogP contribution in [0, 0.1) is 0 Å². The van der Waals surface area contributed by atoms with Gasteiger partial charge in [0.05, 0.1) is 16.4 Å². The first kappa shape index (κ1) is 15.6. The SMILES string of the molecule is CCN(CC)CCn1c(C(C)Cl)nc2ccc(Cl)cc21. The second kappa shape index (κ2) is 6.79. The largest absolute Gasteiger partial charge is 0.325 e. The Bertz CT molecular complexity index is 574. The quantitative estimate of drug-likeness (QED) is 0.740. The summed E-state index contributed by atoms with van der Waals surface area (Å²) >= 11 is 12.4. The van der Waals surface area contributed by atoms with Crippen molar-refractivity contribution < 1.29 is 0 Å². The van der Waals surface area contributed by atoms with Crippen LogP contribution in [0.15, 0.2) is 18.2 Å². The average Bonchev–Trinajstić information content (AvgIpc) is 2.78. The van der Waals surface area contributed by atoms with Crippen LogP contribution in [0.2, 0.25) is 5.02 Å². The lowest BCUT2D eigenvalue weighted by molar-refractivity contribution is 0.290. The molecule has 0 spiro atoms. The number of alkyl halides is 1. The molecule has 5 heteroatoms. The van der Waals surface area contributed by atoms with Crippen LogP contribution in [-0.2, 0) is 6.54 Å². The van der Waals surface area contributed by atoms with Gasteiger partial charge in [-0.05, 0) is 38.2 Å². The van der Waals surface area contributed by atoms with Crippen LogP contribution < -0.4 is 0 Å². The van der Waals surface area contributed by atoms with Crippen molar-refractivity contribution in [3.63, 3.8) is 0 Å². The summed E-state index contributed by atoms with van der Waals surface area (Å²) in [6.07, 6.45) is 0. The van der Waals surface area contributed by atoms with Crippen LogP contribution >= 0.6 is 23.2 Å². The van der Waals surface area contributed by atoms with Crippen molar-refractivity contribution in [2.45, 2.75) is 32.7 Å². The van der Waals surface area contributed by atoms with Crippen molar-refractivity contribution in [2.75, 3.05) is 19.6 Å². The Kier molecular flexibility index (Phi) is 5.30. The number of hydrogen-bond acceptors (Lipinski definition) is 2.